The summed E-state index contributed by atoms with van der Waals surface area (Å²) >= 11 is 0. The molecule has 2 aromatic rings. The molecule has 0 radical (unpaired) electrons. The second-order valence-corrected chi connectivity index (χ2v) is 9.84. The molecule has 2 aliphatic rings. The van der Waals surface area contributed by atoms with Crippen molar-refractivity contribution in [3.05, 3.63) is 40.7 Å². The number of primary amides is 1. The zero-order chi connectivity index (χ0) is 24.6. The van der Waals surface area contributed by atoms with Crippen LogP contribution in [-0.4, -0.2) is 32.7 Å². The van der Waals surface area contributed by atoms with E-state index in [0.717, 1.165) is 19.8 Å². The number of halogens is 2. The van der Waals surface area contributed by atoms with Crippen LogP contribution in [0.1, 0.15) is 91.4 Å². The van der Waals surface area contributed by atoms with Crippen molar-refractivity contribution < 1.29 is 23.5 Å². The molecule has 180 valence electrons. The number of anilines is 1. The van der Waals surface area contributed by atoms with Crippen molar-refractivity contribution in [1.29, 1.82) is 0 Å². The van der Waals surface area contributed by atoms with Gasteiger partial charge in [0, 0.05) is 19.0 Å². The van der Waals surface area contributed by atoms with E-state index in [-0.39, 0.29) is 40.5 Å². The Morgan fingerprint density at radius 2 is 1.85 bits per heavy atom. The molecule has 9 heteroatoms. The summed E-state index contributed by atoms with van der Waals surface area (Å²) in [5, 5.41) is 12.9. The van der Waals surface area contributed by atoms with Gasteiger partial charge < -0.3 is 16.6 Å². The number of fused-ring (bicyclic) bond motifs is 1. The van der Waals surface area contributed by atoms with Crippen LogP contribution in [0.25, 0.3) is 5.69 Å². The first-order valence-electron chi connectivity index (χ1n) is 11.2. The molecule has 1 fully saturated rings. The van der Waals surface area contributed by atoms with Crippen molar-refractivity contribution in [2.75, 3.05) is 5.73 Å². The Hall–Kier alpha value is -2.81. The molecule has 0 bridgehead atoms. The summed E-state index contributed by atoms with van der Waals surface area (Å²) < 4.78 is 29.5. The molecule has 1 saturated carbocycles. The quantitative estimate of drug-likeness (QED) is 0.592. The fourth-order valence-corrected chi connectivity index (χ4v) is 4.46. The van der Waals surface area contributed by atoms with Crippen LogP contribution < -0.4 is 11.5 Å². The van der Waals surface area contributed by atoms with Gasteiger partial charge in [-0.05, 0) is 42.9 Å². The highest BCUT2D eigenvalue weighted by atomic mass is 19.3. The molecule has 2 aliphatic carbocycles. The third-order valence-corrected chi connectivity index (χ3v) is 6.08. The third kappa shape index (κ3) is 5.58. The molecular weight excluding hydrogens is 430 g/mol. The number of hydrogen-bond acceptors (Lipinski definition) is 5. The lowest BCUT2D eigenvalue weighted by Crippen LogP contribution is -2.29. The second kappa shape index (κ2) is 9.21. The van der Waals surface area contributed by atoms with E-state index in [1.165, 1.54) is 42.1 Å². The van der Waals surface area contributed by atoms with Crippen LogP contribution in [0.2, 0.25) is 0 Å². The SMILES string of the molecule is CC1(C)CC(=O)c2c(C(C)(F)F)nn(-c3ccc(C(N)=O)c(N)c3)c2C1.OC1CCCCC1. The van der Waals surface area contributed by atoms with Crippen molar-refractivity contribution in [2.24, 2.45) is 11.1 Å². The highest BCUT2D eigenvalue weighted by Gasteiger charge is 2.42. The number of nitrogen functional groups attached to an aromatic ring is 1. The van der Waals surface area contributed by atoms with Crippen LogP contribution in [0.15, 0.2) is 18.2 Å². The smallest absolute Gasteiger partial charge is 0.289 e. The lowest BCUT2D eigenvalue weighted by Gasteiger charge is -2.29. The molecule has 4 rings (SSSR count). The molecule has 0 spiro atoms. The topological polar surface area (TPSA) is 124 Å². The van der Waals surface area contributed by atoms with Crippen molar-refractivity contribution in [3.8, 4) is 5.69 Å². The first kappa shape index (κ1) is 24.8. The first-order chi connectivity index (χ1) is 15.3. The van der Waals surface area contributed by atoms with Gasteiger partial charge in [-0.25, -0.2) is 4.68 Å². The molecular formula is C24H32F2N4O3. The average molecular weight is 463 g/mol. The molecule has 0 aliphatic heterocycles. The van der Waals surface area contributed by atoms with Crippen molar-refractivity contribution in [2.45, 2.75) is 77.7 Å². The molecule has 1 amide bonds. The molecule has 5 N–H and O–H groups in total. The van der Waals surface area contributed by atoms with Gasteiger partial charge in [0.2, 0.25) is 0 Å². The number of Topliss-reactive ketones (excluding diaryl/α,β-unsaturated/α-hetero) is 1. The Kier molecular flexibility index (Phi) is 6.93. The number of aliphatic hydroxyl groups is 1. The van der Waals surface area contributed by atoms with Gasteiger partial charge in [0.25, 0.3) is 11.8 Å². The van der Waals surface area contributed by atoms with Crippen LogP contribution in [0.3, 0.4) is 0 Å². The van der Waals surface area contributed by atoms with Gasteiger partial charge in [0.05, 0.1) is 28.6 Å². The standard InChI is InChI=1S/C18H20F2N4O2.C6H12O/c1-17(2)7-12-14(13(25)8-17)15(18(3,19)20)23-24(12)9-4-5-10(16(22)26)11(21)6-9;7-6-4-2-1-3-5-6/h4-6H,7-8,21H2,1-3H3,(H2,22,26);6-7H,1-5H2. The van der Waals surface area contributed by atoms with Crippen molar-refractivity contribution in [3.63, 3.8) is 0 Å². The summed E-state index contributed by atoms with van der Waals surface area (Å²) in [4.78, 5) is 23.9. The maximum absolute atomic E-state index is 14.1. The predicted molar refractivity (Wildman–Crippen MR) is 122 cm³/mol. The summed E-state index contributed by atoms with van der Waals surface area (Å²) in [6, 6.07) is 4.38. The monoisotopic (exact) mass is 462 g/mol. The van der Waals surface area contributed by atoms with E-state index in [1.807, 2.05) is 13.8 Å². The summed E-state index contributed by atoms with van der Waals surface area (Å²) in [6.45, 7) is 4.52. The van der Waals surface area contributed by atoms with Crippen LogP contribution in [0.4, 0.5) is 14.5 Å². The molecule has 0 unspecified atom stereocenters. The van der Waals surface area contributed by atoms with E-state index in [9.17, 15) is 18.4 Å². The largest absolute Gasteiger partial charge is 0.398 e. The molecule has 1 aromatic carbocycles. The molecule has 0 saturated heterocycles. The van der Waals surface area contributed by atoms with Crippen LogP contribution >= 0.6 is 0 Å². The number of alkyl halides is 2. The van der Waals surface area contributed by atoms with Gasteiger partial charge >= 0.3 is 0 Å². The fourth-order valence-electron chi connectivity index (χ4n) is 4.46. The minimum atomic E-state index is -3.26. The van der Waals surface area contributed by atoms with E-state index in [0.29, 0.717) is 17.8 Å². The number of ketones is 1. The van der Waals surface area contributed by atoms with Crippen LogP contribution in [0.5, 0.6) is 0 Å². The third-order valence-electron chi connectivity index (χ3n) is 6.08. The fraction of sp³-hybridized carbons (Fsp3) is 0.542. The number of carbonyl (C=O) groups is 2. The predicted octanol–water partition coefficient (Wildman–Crippen LogP) is 4.13. The number of benzene rings is 1. The van der Waals surface area contributed by atoms with Gasteiger partial charge in [-0.1, -0.05) is 33.1 Å². The van der Waals surface area contributed by atoms with Gasteiger partial charge in [-0.3, -0.25) is 9.59 Å². The Balaban J connectivity index is 0.000000374. The molecule has 0 atom stereocenters. The zero-order valence-corrected chi connectivity index (χ0v) is 19.3. The number of nitrogens with zero attached hydrogens (tertiary/aromatic N) is 2. The minimum absolute atomic E-state index is 0.0191. The lowest BCUT2D eigenvalue weighted by atomic mass is 9.75. The van der Waals surface area contributed by atoms with E-state index in [1.54, 1.807) is 0 Å². The van der Waals surface area contributed by atoms with E-state index in [2.05, 4.69) is 5.10 Å². The number of carbonyl (C=O) groups excluding carboxylic acids is 2. The number of hydrogen-bond donors (Lipinski definition) is 3. The Morgan fingerprint density at radius 3 is 2.33 bits per heavy atom. The lowest BCUT2D eigenvalue weighted by molar-refractivity contribution is 0.0112. The van der Waals surface area contributed by atoms with Gasteiger partial charge in [0.1, 0.15) is 5.69 Å². The van der Waals surface area contributed by atoms with Crippen molar-refractivity contribution in [1.82, 2.24) is 9.78 Å². The Labute approximate surface area is 192 Å². The number of aliphatic hydroxyl groups excluding tert-OH is 1. The number of rotatable bonds is 3. The normalized spacial score (nSPS) is 18.3. The van der Waals surface area contributed by atoms with Crippen molar-refractivity contribution >= 4 is 17.4 Å². The zero-order valence-electron chi connectivity index (χ0n) is 19.3. The number of aromatic nitrogens is 2. The van der Waals surface area contributed by atoms with Gasteiger partial charge in [-0.15, -0.1) is 0 Å². The highest BCUT2D eigenvalue weighted by molar-refractivity contribution is 6.00. The highest BCUT2D eigenvalue weighted by Crippen LogP contribution is 2.41. The molecule has 1 heterocycles. The first-order valence-corrected chi connectivity index (χ1v) is 11.2. The Morgan fingerprint density at radius 1 is 1.21 bits per heavy atom. The maximum atomic E-state index is 14.1. The maximum Gasteiger partial charge on any atom is 0.289 e. The van der Waals surface area contributed by atoms with Crippen LogP contribution in [0, 0.1) is 5.41 Å². The van der Waals surface area contributed by atoms with E-state index < -0.39 is 17.5 Å². The van der Waals surface area contributed by atoms with Crippen LogP contribution in [-0.2, 0) is 12.3 Å². The average Bonchev–Trinajstić information content (AvgIpc) is 3.07. The molecule has 1 aromatic heterocycles. The van der Waals surface area contributed by atoms with Gasteiger partial charge in [-0.2, -0.15) is 13.9 Å². The molecule has 7 nitrogen and oxygen atoms in total. The van der Waals surface area contributed by atoms with E-state index in [4.69, 9.17) is 16.6 Å². The summed E-state index contributed by atoms with van der Waals surface area (Å²) in [6.07, 6.45) is 6.51. The summed E-state index contributed by atoms with van der Waals surface area (Å²) in [7, 11) is 0. The molecule has 33 heavy (non-hydrogen) atoms. The summed E-state index contributed by atoms with van der Waals surface area (Å²) in [5.41, 5.74) is 11.2. The minimum Gasteiger partial charge on any atom is -0.398 e. The summed E-state index contributed by atoms with van der Waals surface area (Å²) in [5.74, 6) is -4.29. The van der Waals surface area contributed by atoms with E-state index >= 15 is 0 Å². The Bertz CT molecular complexity index is 1050. The second-order valence-electron chi connectivity index (χ2n) is 9.84. The number of nitrogens with two attached hydrogens (primary N) is 2. The number of amides is 1. The van der Waals surface area contributed by atoms with Gasteiger partial charge in [0.15, 0.2) is 5.78 Å².